The number of aromatic nitrogens is 1. The Hall–Kier alpha value is -2.60. The summed E-state index contributed by atoms with van der Waals surface area (Å²) in [5, 5.41) is 6.76. The molecule has 2 rings (SSSR count). The lowest BCUT2D eigenvalue weighted by Crippen LogP contribution is -2.29. The third-order valence-electron chi connectivity index (χ3n) is 2.99. The van der Waals surface area contributed by atoms with E-state index in [9.17, 15) is 4.79 Å². The van der Waals surface area contributed by atoms with E-state index in [1.807, 2.05) is 12.1 Å². The lowest BCUT2D eigenvalue weighted by atomic mass is 10.0. The van der Waals surface area contributed by atoms with Gasteiger partial charge in [-0.15, -0.1) is 0 Å². The van der Waals surface area contributed by atoms with Crippen LogP contribution < -0.4 is 10.1 Å². The molecule has 1 N–H and O–H groups in total. The maximum Gasteiger partial charge on any atom is 0.273 e. The molecule has 1 heterocycles. The highest BCUT2D eigenvalue weighted by atomic mass is 35.5. The molecule has 7 heteroatoms. The molecule has 0 saturated carbocycles. The minimum atomic E-state index is -0.352. The normalized spacial score (nSPS) is 11.0. The van der Waals surface area contributed by atoms with Gasteiger partial charge in [0.2, 0.25) is 5.88 Å². The van der Waals surface area contributed by atoms with Crippen LogP contribution in [0.5, 0.6) is 5.88 Å². The average molecular weight is 334 g/mol. The zero-order valence-corrected chi connectivity index (χ0v) is 13.5. The minimum Gasteiger partial charge on any atom is -0.472 e. The number of nitrogens with one attached hydrogen (secondary N) is 1. The van der Waals surface area contributed by atoms with Crippen molar-refractivity contribution in [3.8, 4) is 5.88 Å². The van der Waals surface area contributed by atoms with Crippen molar-refractivity contribution in [2.24, 2.45) is 5.16 Å². The predicted octanol–water partition coefficient (Wildman–Crippen LogP) is 2.41. The molecule has 0 unspecified atom stereocenters. The summed E-state index contributed by atoms with van der Waals surface area (Å²) in [6.45, 7) is 0.187. The zero-order chi connectivity index (χ0) is 16.7. The largest absolute Gasteiger partial charge is 0.472 e. The molecule has 0 bridgehead atoms. The summed E-state index contributed by atoms with van der Waals surface area (Å²) in [5.41, 5.74) is 1.54. The lowest BCUT2D eigenvalue weighted by Gasteiger charge is -2.12. The maximum absolute atomic E-state index is 12.0. The number of carbonyl (C=O) groups is 1. The van der Waals surface area contributed by atoms with Gasteiger partial charge in [-0.25, -0.2) is 4.98 Å². The first-order valence-corrected chi connectivity index (χ1v) is 7.20. The fourth-order valence-corrected chi connectivity index (χ4v) is 2.10. The molecule has 0 radical (unpaired) electrons. The van der Waals surface area contributed by atoms with Crippen LogP contribution in [0.25, 0.3) is 0 Å². The monoisotopic (exact) mass is 333 g/mol. The molecule has 1 aromatic carbocycles. The predicted molar refractivity (Wildman–Crippen MR) is 87.6 cm³/mol. The summed E-state index contributed by atoms with van der Waals surface area (Å²) in [4.78, 5) is 20.8. The van der Waals surface area contributed by atoms with Crippen LogP contribution in [-0.4, -0.2) is 30.8 Å². The van der Waals surface area contributed by atoms with E-state index in [1.54, 1.807) is 30.5 Å². The van der Waals surface area contributed by atoms with Crippen molar-refractivity contribution in [1.82, 2.24) is 10.3 Å². The van der Waals surface area contributed by atoms with Crippen molar-refractivity contribution in [3.63, 3.8) is 0 Å². The summed E-state index contributed by atoms with van der Waals surface area (Å²) in [6, 6.07) is 10.7. The van der Waals surface area contributed by atoms with Crippen molar-refractivity contribution < 1.29 is 14.4 Å². The number of pyridine rings is 1. The fraction of sp³-hybridized carbons (Fsp3) is 0.188. The van der Waals surface area contributed by atoms with Gasteiger partial charge in [0.25, 0.3) is 5.91 Å². The third kappa shape index (κ3) is 4.20. The number of rotatable bonds is 6. The molecular weight excluding hydrogens is 318 g/mol. The third-order valence-corrected chi connectivity index (χ3v) is 3.27. The molecule has 6 nitrogen and oxygen atoms in total. The molecule has 23 heavy (non-hydrogen) atoms. The highest BCUT2D eigenvalue weighted by Crippen LogP contribution is 2.22. The van der Waals surface area contributed by atoms with Crippen LogP contribution in [0.4, 0.5) is 0 Å². The number of ether oxygens (including phenoxy) is 1. The Balaban J connectivity index is 2.28. The summed E-state index contributed by atoms with van der Waals surface area (Å²) < 4.78 is 5.63. The molecular formula is C16H16ClN3O3. The Morgan fingerprint density at radius 1 is 1.30 bits per heavy atom. The molecule has 0 saturated heterocycles. The highest BCUT2D eigenvalue weighted by Gasteiger charge is 2.17. The quantitative estimate of drug-likeness (QED) is 0.651. The zero-order valence-electron chi connectivity index (χ0n) is 12.7. The first-order valence-electron chi connectivity index (χ1n) is 6.82. The van der Waals surface area contributed by atoms with Crippen LogP contribution >= 0.6 is 11.6 Å². The standard InChI is InChI=1S/C16H16ClN3O3/c1-18-15(21)14(20-22-2)12-7-4-3-6-11(12)10-23-16-13(17)8-5-9-19-16/h3-9H,10H2,1-2H3,(H,18,21)/b20-14+. The summed E-state index contributed by atoms with van der Waals surface area (Å²) in [7, 11) is 2.91. The SMILES string of the molecule is CNC(=O)/C(=N/OC)c1ccccc1COc1ncccc1Cl. The number of hydrogen-bond acceptors (Lipinski definition) is 5. The second-order valence-electron chi connectivity index (χ2n) is 4.44. The molecule has 0 atom stereocenters. The van der Waals surface area contributed by atoms with Gasteiger partial charge in [-0.2, -0.15) is 0 Å². The number of nitrogens with zero attached hydrogens (tertiary/aromatic N) is 2. The Morgan fingerprint density at radius 2 is 2.09 bits per heavy atom. The molecule has 2 aromatic rings. The van der Waals surface area contributed by atoms with E-state index < -0.39 is 0 Å². The van der Waals surface area contributed by atoms with Gasteiger partial charge in [0, 0.05) is 18.8 Å². The second kappa shape index (κ2) is 8.14. The van der Waals surface area contributed by atoms with Gasteiger partial charge < -0.3 is 14.9 Å². The van der Waals surface area contributed by atoms with E-state index in [2.05, 4.69) is 15.5 Å². The van der Waals surface area contributed by atoms with Crippen molar-refractivity contribution in [2.45, 2.75) is 6.61 Å². The van der Waals surface area contributed by atoms with E-state index in [0.29, 0.717) is 16.5 Å². The van der Waals surface area contributed by atoms with Crippen molar-refractivity contribution in [3.05, 3.63) is 58.7 Å². The van der Waals surface area contributed by atoms with Crippen LogP contribution in [0.15, 0.2) is 47.8 Å². The van der Waals surface area contributed by atoms with Gasteiger partial charge in [0.1, 0.15) is 18.7 Å². The number of amides is 1. The number of hydrogen-bond donors (Lipinski definition) is 1. The summed E-state index contributed by atoms with van der Waals surface area (Å²) in [6.07, 6.45) is 1.59. The molecule has 0 aliphatic heterocycles. The lowest BCUT2D eigenvalue weighted by molar-refractivity contribution is -0.114. The maximum atomic E-state index is 12.0. The van der Waals surface area contributed by atoms with Gasteiger partial charge >= 0.3 is 0 Å². The van der Waals surface area contributed by atoms with E-state index >= 15 is 0 Å². The Bertz CT molecular complexity index is 719. The van der Waals surface area contributed by atoms with Crippen molar-refractivity contribution in [1.29, 1.82) is 0 Å². The molecule has 120 valence electrons. The first-order chi connectivity index (χ1) is 11.2. The Morgan fingerprint density at radius 3 is 2.78 bits per heavy atom. The number of benzene rings is 1. The van der Waals surface area contributed by atoms with Crippen LogP contribution in [0, 0.1) is 0 Å². The van der Waals surface area contributed by atoms with E-state index in [0.717, 1.165) is 5.56 Å². The van der Waals surface area contributed by atoms with Gasteiger partial charge in [0.05, 0.1) is 0 Å². The van der Waals surface area contributed by atoms with Crippen LogP contribution in [0.2, 0.25) is 5.02 Å². The number of oxime groups is 1. The van der Waals surface area contributed by atoms with E-state index in [4.69, 9.17) is 21.2 Å². The van der Waals surface area contributed by atoms with Gasteiger partial charge in [-0.05, 0) is 17.7 Å². The van der Waals surface area contributed by atoms with E-state index in [1.165, 1.54) is 14.2 Å². The van der Waals surface area contributed by atoms with Gasteiger partial charge in [-0.1, -0.05) is 41.0 Å². The molecule has 1 aromatic heterocycles. The Labute approximate surface area is 139 Å². The second-order valence-corrected chi connectivity index (χ2v) is 4.84. The van der Waals surface area contributed by atoms with E-state index in [-0.39, 0.29) is 18.2 Å². The number of carbonyl (C=O) groups excluding carboxylic acids is 1. The molecule has 1 amide bonds. The topological polar surface area (TPSA) is 72.8 Å². The minimum absolute atomic E-state index is 0.168. The summed E-state index contributed by atoms with van der Waals surface area (Å²) in [5.74, 6) is -0.0238. The van der Waals surface area contributed by atoms with Crippen LogP contribution in [-0.2, 0) is 16.2 Å². The molecule has 0 aliphatic rings. The fourth-order valence-electron chi connectivity index (χ4n) is 1.92. The summed E-state index contributed by atoms with van der Waals surface area (Å²) >= 11 is 6.02. The van der Waals surface area contributed by atoms with Gasteiger partial charge in [-0.3, -0.25) is 4.79 Å². The highest BCUT2D eigenvalue weighted by molar-refractivity contribution is 6.45. The average Bonchev–Trinajstić information content (AvgIpc) is 2.59. The molecule has 0 aliphatic carbocycles. The van der Waals surface area contributed by atoms with Crippen LogP contribution in [0.3, 0.4) is 0 Å². The smallest absolute Gasteiger partial charge is 0.273 e. The number of likely N-dealkylation sites (N-methyl/N-ethyl adjacent to an activating group) is 1. The first kappa shape index (κ1) is 16.8. The Kier molecular flexibility index (Phi) is 5.94. The van der Waals surface area contributed by atoms with Crippen molar-refractivity contribution >= 4 is 23.2 Å². The van der Waals surface area contributed by atoms with Crippen molar-refractivity contribution in [2.75, 3.05) is 14.2 Å². The molecule has 0 fully saturated rings. The van der Waals surface area contributed by atoms with Gasteiger partial charge in [0.15, 0.2) is 5.71 Å². The number of halogens is 1. The molecule has 0 spiro atoms. The van der Waals surface area contributed by atoms with Crippen LogP contribution in [0.1, 0.15) is 11.1 Å².